The Morgan fingerprint density at radius 2 is 1.74 bits per heavy atom. The highest BCUT2D eigenvalue weighted by molar-refractivity contribution is 7.98. The van der Waals surface area contributed by atoms with Crippen LogP contribution < -0.4 is 10.2 Å². The minimum Gasteiger partial charge on any atom is -0.351 e. The molecule has 0 fully saturated rings. The van der Waals surface area contributed by atoms with Crippen molar-refractivity contribution in [2.24, 2.45) is 0 Å². The summed E-state index contributed by atoms with van der Waals surface area (Å²) in [5, 5.41) is 3.96. The number of carbonyl (C=O) groups excluding carboxylic acids is 1. The molecule has 1 N–H and O–H groups in total. The molecule has 0 unspecified atom stereocenters. The zero-order chi connectivity index (χ0) is 24.5. The standard InChI is InChI=1S/C26H32ClN5OS/c1-19(2)28-25(33)22-12-8-11-21(15-22)18-34-26-29-23(27)16-24(30-26)32(14-13-31(3)4)17-20-9-6-5-7-10-20/h5-12,15-16,19H,13-14,17-18H2,1-4H3,(H,28,33). The van der Waals surface area contributed by atoms with Crippen molar-refractivity contribution in [1.29, 1.82) is 0 Å². The number of hydrogen-bond donors (Lipinski definition) is 1. The highest BCUT2D eigenvalue weighted by atomic mass is 35.5. The van der Waals surface area contributed by atoms with Crippen molar-refractivity contribution in [3.05, 3.63) is 82.5 Å². The Labute approximate surface area is 211 Å². The number of benzene rings is 2. The summed E-state index contributed by atoms with van der Waals surface area (Å²) in [7, 11) is 4.12. The van der Waals surface area contributed by atoms with Gasteiger partial charge in [0, 0.05) is 43.1 Å². The lowest BCUT2D eigenvalue weighted by atomic mass is 10.1. The molecule has 0 radical (unpaired) electrons. The fourth-order valence-electron chi connectivity index (χ4n) is 3.31. The van der Waals surface area contributed by atoms with Gasteiger partial charge in [-0.3, -0.25) is 4.79 Å². The average molecular weight is 498 g/mol. The number of halogens is 1. The van der Waals surface area contributed by atoms with E-state index in [0.717, 1.165) is 31.0 Å². The van der Waals surface area contributed by atoms with E-state index in [0.29, 0.717) is 21.6 Å². The summed E-state index contributed by atoms with van der Waals surface area (Å²) in [4.78, 5) is 26.0. The molecule has 1 aromatic heterocycles. The van der Waals surface area contributed by atoms with Crippen molar-refractivity contribution in [1.82, 2.24) is 20.2 Å². The summed E-state index contributed by atoms with van der Waals surface area (Å²) in [6.07, 6.45) is 0. The summed E-state index contributed by atoms with van der Waals surface area (Å²) in [6.45, 7) is 6.34. The van der Waals surface area contributed by atoms with E-state index in [1.807, 2.05) is 62.4 Å². The molecule has 0 aliphatic heterocycles. The number of nitrogens with one attached hydrogen (secondary N) is 1. The van der Waals surface area contributed by atoms with Gasteiger partial charge in [0.2, 0.25) is 0 Å². The highest BCUT2D eigenvalue weighted by Gasteiger charge is 2.14. The Balaban J connectivity index is 1.75. The van der Waals surface area contributed by atoms with Gasteiger partial charge in [0.15, 0.2) is 5.16 Å². The van der Waals surface area contributed by atoms with Crippen molar-refractivity contribution in [3.63, 3.8) is 0 Å². The lowest BCUT2D eigenvalue weighted by Crippen LogP contribution is -2.32. The van der Waals surface area contributed by atoms with Gasteiger partial charge < -0.3 is 15.1 Å². The van der Waals surface area contributed by atoms with Crippen LogP contribution in [0.5, 0.6) is 0 Å². The molecule has 3 aromatic rings. The minimum atomic E-state index is -0.0689. The van der Waals surface area contributed by atoms with E-state index in [-0.39, 0.29) is 11.9 Å². The number of aromatic nitrogens is 2. The van der Waals surface area contributed by atoms with Crippen LogP contribution in [0.15, 0.2) is 65.8 Å². The van der Waals surface area contributed by atoms with Crippen LogP contribution in [0.2, 0.25) is 5.15 Å². The molecule has 1 amide bonds. The van der Waals surface area contributed by atoms with E-state index in [2.05, 4.69) is 46.3 Å². The Morgan fingerprint density at radius 3 is 2.44 bits per heavy atom. The summed E-state index contributed by atoms with van der Waals surface area (Å²) in [6, 6.07) is 19.9. The van der Waals surface area contributed by atoms with E-state index in [9.17, 15) is 4.79 Å². The number of nitrogens with zero attached hydrogens (tertiary/aromatic N) is 4. The Bertz CT molecular complexity index is 1080. The van der Waals surface area contributed by atoms with Crippen LogP contribution in [0.4, 0.5) is 5.82 Å². The Kier molecular flexibility index (Phi) is 9.74. The second-order valence-electron chi connectivity index (χ2n) is 8.66. The van der Waals surface area contributed by atoms with Crippen LogP contribution in [-0.2, 0) is 12.3 Å². The van der Waals surface area contributed by atoms with Crippen LogP contribution in [0.1, 0.15) is 35.3 Å². The fraction of sp³-hybridized carbons (Fsp3) is 0.346. The first-order valence-electron chi connectivity index (χ1n) is 11.3. The molecule has 0 saturated carbocycles. The zero-order valence-electron chi connectivity index (χ0n) is 20.2. The van der Waals surface area contributed by atoms with Crippen molar-refractivity contribution in [3.8, 4) is 0 Å². The predicted molar refractivity (Wildman–Crippen MR) is 142 cm³/mol. The summed E-state index contributed by atoms with van der Waals surface area (Å²) < 4.78 is 0. The maximum absolute atomic E-state index is 12.3. The molecule has 0 spiro atoms. The first-order valence-corrected chi connectivity index (χ1v) is 12.7. The van der Waals surface area contributed by atoms with Crippen molar-refractivity contribution in [2.75, 3.05) is 32.1 Å². The predicted octanol–water partition coefficient (Wildman–Crippen LogP) is 5.13. The number of likely N-dealkylation sites (N-methyl/N-ethyl adjacent to an activating group) is 1. The molecule has 0 bridgehead atoms. The normalized spacial score (nSPS) is 11.1. The van der Waals surface area contributed by atoms with Gasteiger partial charge in [-0.1, -0.05) is 65.8 Å². The number of carbonyl (C=O) groups is 1. The molecule has 0 saturated heterocycles. The molecule has 2 aromatic carbocycles. The molecule has 1 heterocycles. The molecule has 8 heteroatoms. The van der Waals surface area contributed by atoms with Crippen molar-refractivity contribution >= 4 is 35.1 Å². The molecular weight excluding hydrogens is 466 g/mol. The van der Waals surface area contributed by atoms with E-state index in [1.165, 1.54) is 17.3 Å². The fourth-order valence-corrected chi connectivity index (χ4v) is 4.33. The van der Waals surface area contributed by atoms with Crippen LogP contribution in [0.3, 0.4) is 0 Å². The van der Waals surface area contributed by atoms with Gasteiger partial charge in [-0.25, -0.2) is 9.97 Å². The van der Waals surface area contributed by atoms with Gasteiger partial charge in [-0.15, -0.1) is 0 Å². The molecule has 0 aliphatic rings. The third-order valence-electron chi connectivity index (χ3n) is 5.00. The molecule has 3 rings (SSSR count). The summed E-state index contributed by atoms with van der Waals surface area (Å²) >= 11 is 7.91. The molecule has 6 nitrogen and oxygen atoms in total. The van der Waals surface area contributed by atoms with Gasteiger partial charge in [-0.2, -0.15) is 0 Å². The third kappa shape index (κ3) is 8.31. The lowest BCUT2D eigenvalue weighted by molar-refractivity contribution is 0.0943. The molecular formula is C26H32ClN5OS. The monoisotopic (exact) mass is 497 g/mol. The van der Waals surface area contributed by atoms with Crippen LogP contribution in [0.25, 0.3) is 0 Å². The maximum atomic E-state index is 12.3. The largest absolute Gasteiger partial charge is 0.351 e. The molecule has 0 atom stereocenters. The Morgan fingerprint density at radius 1 is 1.00 bits per heavy atom. The molecule has 34 heavy (non-hydrogen) atoms. The third-order valence-corrected chi connectivity index (χ3v) is 6.11. The zero-order valence-corrected chi connectivity index (χ0v) is 21.7. The minimum absolute atomic E-state index is 0.0689. The van der Waals surface area contributed by atoms with E-state index in [1.54, 1.807) is 0 Å². The number of amides is 1. The number of hydrogen-bond acceptors (Lipinski definition) is 6. The van der Waals surface area contributed by atoms with Gasteiger partial charge in [0.1, 0.15) is 11.0 Å². The number of rotatable bonds is 11. The van der Waals surface area contributed by atoms with E-state index < -0.39 is 0 Å². The van der Waals surface area contributed by atoms with Gasteiger partial charge in [0.25, 0.3) is 5.91 Å². The Hall–Kier alpha value is -2.61. The highest BCUT2D eigenvalue weighted by Crippen LogP contribution is 2.26. The lowest BCUT2D eigenvalue weighted by Gasteiger charge is -2.26. The van der Waals surface area contributed by atoms with E-state index in [4.69, 9.17) is 16.6 Å². The van der Waals surface area contributed by atoms with Crippen molar-refractivity contribution in [2.45, 2.75) is 37.3 Å². The topological polar surface area (TPSA) is 61.4 Å². The smallest absolute Gasteiger partial charge is 0.251 e. The molecule has 0 aliphatic carbocycles. The first-order chi connectivity index (χ1) is 16.3. The molecule has 180 valence electrons. The van der Waals surface area contributed by atoms with Gasteiger partial charge >= 0.3 is 0 Å². The average Bonchev–Trinajstić information content (AvgIpc) is 2.80. The van der Waals surface area contributed by atoms with Crippen LogP contribution >= 0.6 is 23.4 Å². The van der Waals surface area contributed by atoms with Crippen LogP contribution in [-0.4, -0.2) is 54.0 Å². The van der Waals surface area contributed by atoms with Crippen LogP contribution in [0, 0.1) is 0 Å². The maximum Gasteiger partial charge on any atom is 0.251 e. The number of thioether (sulfide) groups is 1. The van der Waals surface area contributed by atoms with Crippen molar-refractivity contribution < 1.29 is 4.79 Å². The van der Waals surface area contributed by atoms with E-state index >= 15 is 0 Å². The summed E-state index contributed by atoms with van der Waals surface area (Å²) in [5.41, 5.74) is 2.89. The second kappa shape index (κ2) is 12.7. The summed E-state index contributed by atoms with van der Waals surface area (Å²) in [5.74, 6) is 1.37. The second-order valence-corrected chi connectivity index (χ2v) is 9.99. The van der Waals surface area contributed by atoms with Gasteiger partial charge in [-0.05, 0) is 51.2 Å². The quantitative estimate of drug-likeness (QED) is 0.225. The number of anilines is 1. The van der Waals surface area contributed by atoms with Gasteiger partial charge in [0.05, 0.1) is 0 Å². The first kappa shape index (κ1) is 26.0. The SMILES string of the molecule is CC(C)NC(=O)c1cccc(CSc2nc(Cl)cc(N(CCN(C)C)Cc3ccccc3)n2)c1.